The second kappa shape index (κ2) is 9.15. The van der Waals surface area contributed by atoms with Crippen LogP contribution in [-0.4, -0.2) is 63.0 Å². The summed E-state index contributed by atoms with van der Waals surface area (Å²) >= 11 is 0. The van der Waals surface area contributed by atoms with Gasteiger partial charge in [0, 0.05) is 33.6 Å². The Bertz CT molecular complexity index is 531. The molecule has 6 heteroatoms. The molecule has 0 heterocycles. The monoisotopic (exact) mass is 320 g/mol. The molecule has 0 bridgehead atoms. The van der Waals surface area contributed by atoms with Crippen molar-refractivity contribution < 1.29 is 9.59 Å². The van der Waals surface area contributed by atoms with E-state index in [1.165, 1.54) is 16.0 Å². The molecule has 0 aliphatic heterocycles. The van der Waals surface area contributed by atoms with Crippen molar-refractivity contribution in [1.29, 1.82) is 0 Å². The topological polar surface area (TPSA) is 64.7 Å². The van der Waals surface area contributed by atoms with E-state index in [1.807, 2.05) is 26.2 Å². The van der Waals surface area contributed by atoms with Gasteiger partial charge in [0.2, 0.25) is 5.91 Å². The van der Waals surface area contributed by atoms with Gasteiger partial charge in [-0.1, -0.05) is 24.3 Å². The molecule has 3 amide bonds. The third-order valence-electron chi connectivity index (χ3n) is 3.92. The van der Waals surface area contributed by atoms with Crippen LogP contribution in [0.15, 0.2) is 24.3 Å². The van der Waals surface area contributed by atoms with Crippen LogP contribution in [0.5, 0.6) is 0 Å². The summed E-state index contributed by atoms with van der Waals surface area (Å²) in [5.41, 5.74) is 2.40. The fourth-order valence-electron chi connectivity index (χ4n) is 2.35. The van der Waals surface area contributed by atoms with E-state index < -0.39 is 0 Å². The second-order valence-electron chi connectivity index (χ2n) is 5.87. The number of carbonyl (C=O) groups is 2. The average molecular weight is 320 g/mol. The molecule has 0 aliphatic rings. The van der Waals surface area contributed by atoms with Gasteiger partial charge in [-0.3, -0.25) is 4.79 Å². The molecule has 23 heavy (non-hydrogen) atoms. The van der Waals surface area contributed by atoms with Gasteiger partial charge in [-0.15, -0.1) is 0 Å². The molecule has 0 fully saturated rings. The van der Waals surface area contributed by atoms with Crippen LogP contribution in [0.25, 0.3) is 0 Å². The van der Waals surface area contributed by atoms with Gasteiger partial charge >= 0.3 is 6.03 Å². The summed E-state index contributed by atoms with van der Waals surface area (Å²) in [5, 5.41) is 5.49. The highest BCUT2D eigenvalue weighted by atomic mass is 16.2. The van der Waals surface area contributed by atoms with Crippen LogP contribution < -0.4 is 10.6 Å². The molecule has 1 rings (SSSR count). The van der Waals surface area contributed by atoms with Gasteiger partial charge in [-0.25, -0.2) is 4.79 Å². The average Bonchev–Trinajstić information content (AvgIpc) is 2.53. The van der Waals surface area contributed by atoms with E-state index in [0.29, 0.717) is 19.5 Å². The minimum absolute atomic E-state index is 0.0734. The van der Waals surface area contributed by atoms with Crippen LogP contribution in [-0.2, 0) is 4.79 Å². The summed E-state index contributed by atoms with van der Waals surface area (Å²) < 4.78 is 0. The molecule has 0 aliphatic carbocycles. The van der Waals surface area contributed by atoms with Crippen molar-refractivity contribution in [2.24, 2.45) is 0 Å². The van der Waals surface area contributed by atoms with Crippen LogP contribution >= 0.6 is 0 Å². The number of nitrogens with one attached hydrogen (secondary N) is 2. The lowest BCUT2D eigenvalue weighted by atomic mass is 10.0. The highest BCUT2D eigenvalue weighted by Gasteiger charge is 2.18. The highest BCUT2D eigenvalue weighted by Crippen LogP contribution is 2.20. The van der Waals surface area contributed by atoms with E-state index in [0.717, 1.165) is 0 Å². The maximum Gasteiger partial charge on any atom is 0.317 e. The van der Waals surface area contributed by atoms with E-state index in [-0.39, 0.29) is 18.0 Å². The Morgan fingerprint density at radius 2 is 1.83 bits per heavy atom. The van der Waals surface area contributed by atoms with Crippen molar-refractivity contribution in [2.75, 3.05) is 41.3 Å². The Balaban J connectivity index is 2.60. The van der Waals surface area contributed by atoms with Crippen molar-refractivity contribution in [1.82, 2.24) is 20.4 Å². The van der Waals surface area contributed by atoms with Crippen molar-refractivity contribution in [3.8, 4) is 0 Å². The second-order valence-corrected chi connectivity index (χ2v) is 5.87. The number of amides is 3. The number of nitrogens with zero attached hydrogens (tertiary/aromatic N) is 2. The minimum Gasteiger partial charge on any atom is -0.359 e. The van der Waals surface area contributed by atoms with E-state index in [4.69, 9.17) is 0 Å². The smallest absolute Gasteiger partial charge is 0.317 e. The highest BCUT2D eigenvalue weighted by molar-refractivity contribution is 5.77. The molecular weight excluding hydrogens is 292 g/mol. The number of carbonyl (C=O) groups excluding carboxylic acids is 2. The lowest BCUT2D eigenvalue weighted by molar-refractivity contribution is -0.120. The zero-order valence-electron chi connectivity index (χ0n) is 14.7. The van der Waals surface area contributed by atoms with Gasteiger partial charge in [0.15, 0.2) is 0 Å². The molecule has 0 radical (unpaired) electrons. The van der Waals surface area contributed by atoms with Crippen molar-refractivity contribution in [3.05, 3.63) is 35.4 Å². The zero-order chi connectivity index (χ0) is 17.4. The summed E-state index contributed by atoms with van der Waals surface area (Å²) in [6, 6.07) is 8.11. The molecule has 1 aromatic carbocycles. The molecule has 1 aromatic rings. The first kappa shape index (κ1) is 19.0. The summed E-state index contributed by atoms with van der Waals surface area (Å²) in [6.45, 7) is 2.98. The normalized spacial score (nSPS) is 11.9. The van der Waals surface area contributed by atoms with Gasteiger partial charge in [0.05, 0.1) is 6.04 Å². The van der Waals surface area contributed by atoms with Crippen LogP contribution in [0.4, 0.5) is 4.79 Å². The number of hydrogen-bond acceptors (Lipinski definition) is 3. The number of likely N-dealkylation sites (N-methyl/N-ethyl adjacent to an activating group) is 1. The summed E-state index contributed by atoms with van der Waals surface area (Å²) in [7, 11) is 7.28. The molecular formula is C17H28N4O2. The van der Waals surface area contributed by atoms with E-state index in [9.17, 15) is 9.59 Å². The Morgan fingerprint density at radius 1 is 1.17 bits per heavy atom. The fraction of sp³-hybridized carbons (Fsp3) is 0.529. The quantitative estimate of drug-likeness (QED) is 0.798. The molecule has 128 valence electrons. The lowest BCUT2D eigenvalue weighted by Gasteiger charge is -2.27. The Labute approximate surface area is 138 Å². The maximum atomic E-state index is 12.2. The van der Waals surface area contributed by atoms with Crippen LogP contribution in [0.2, 0.25) is 0 Å². The number of rotatable bonds is 7. The SMILES string of the molecule is CNC(=O)CCN(C)C(=O)NC[C@H](c1ccccc1C)N(C)C. The maximum absolute atomic E-state index is 12.2. The number of aryl methyl sites for hydroxylation is 1. The minimum atomic E-state index is -0.172. The van der Waals surface area contributed by atoms with Gasteiger partial charge < -0.3 is 20.4 Å². The first-order valence-corrected chi connectivity index (χ1v) is 7.78. The zero-order valence-corrected chi connectivity index (χ0v) is 14.7. The van der Waals surface area contributed by atoms with Gasteiger partial charge in [-0.2, -0.15) is 0 Å². The Hall–Kier alpha value is -2.08. The molecule has 0 saturated heterocycles. The molecule has 0 unspecified atom stereocenters. The van der Waals surface area contributed by atoms with Crippen LogP contribution in [0.3, 0.4) is 0 Å². The van der Waals surface area contributed by atoms with E-state index in [1.54, 1.807) is 14.1 Å². The van der Waals surface area contributed by atoms with Crippen LogP contribution in [0, 0.1) is 6.92 Å². The Kier molecular flexibility index (Phi) is 7.54. The third-order valence-corrected chi connectivity index (χ3v) is 3.92. The van der Waals surface area contributed by atoms with Crippen molar-refractivity contribution in [3.63, 3.8) is 0 Å². The predicted octanol–water partition coefficient (Wildman–Crippen LogP) is 1.38. The van der Waals surface area contributed by atoms with E-state index in [2.05, 4.69) is 34.6 Å². The van der Waals surface area contributed by atoms with Gasteiger partial charge in [0.25, 0.3) is 0 Å². The summed E-state index contributed by atoms with van der Waals surface area (Å²) in [6.07, 6.45) is 0.301. The molecule has 2 N–H and O–H groups in total. The predicted molar refractivity (Wildman–Crippen MR) is 92.3 cm³/mol. The number of hydrogen-bond donors (Lipinski definition) is 2. The lowest BCUT2D eigenvalue weighted by Crippen LogP contribution is -2.42. The van der Waals surface area contributed by atoms with Gasteiger partial charge in [0.1, 0.15) is 0 Å². The molecule has 0 saturated carbocycles. The number of benzene rings is 1. The van der Waals surface area contributed by atoms with Gasteiger partial charge in [-0.05, 0) is 32.1 Å². The Morgan fingerprint density at radius 3 is 2.39 bits per heavy atom. The fourth-order valence-corrected chi connectivity index (χ4v) is 2.35. The largest absolute Gasteiger partial charge is 0.359 e. The third kappa shape index (κ3) is 5.90. The van der Waals surface area contributed by atoms with Crippen LogP contribution in [0.1, 0.15) is 23.6 Å². The number of urea groups is 1. The summed E-state index contributed by atoms with van der Waals surface area (Å²) in [5.74, 6) is -0.0734. The standard InChI is InChI=1S/C17H28N4O2/c1-13-8-6-7-9-14(13)15(20(3)4)12-19-17(23)21(5)11-10-16(22)18-2/h6-9,15H,10-12H2,1-5H3,(H,18,22)(H,19,23)/t15-/m1/s1. The summed E-state index contributed by atoms with van der Waals surface area (Å²) in [4.78, 5) is 27.0. The van der Waals surface area contributed by atoms with E-state index >= 15 is 0 Å². The first-order chi connectivity index (χ1) is 10.9. The van der Waals surface area contributed by atoms with Crippen molar-refractivity contribution in [2.45, 2.75) is 19.4 Å². The molecule has 0 spiro atoms. The first-order valence-electron chi connectivity index (χ1n) is 7.78. The molecule has 0 aromatic heterocycles. The van der Waals surface area contributed by atoms with Crippen molar-refractivity contribution >= 4 is 11.9 Å². The molecule has 1 atom stereocenters. The molecule has 6 nitrogen and oxygen atoms in total.